The molecule has 1 fully saturated rings. The van der Waals surface area contributed by atoms with Gasteiger partial charge in [-0.05, 0) is 36.2 Å². The Kier molecular flexibility index (Phi) is 5.02. The van der Waals surface area contributed by atoms with Gasteiger partial charge in [0, 0.05) is 19.3 Å². The molecule has 3 N–H and O–H groups in total. The first-order valence-electron chi connectivity index (χ1n) is 7.67. The lowest BCUT2D eigenvalue weighted by molar-refractivity contribution is -0.123. The zero-order valence-corrected chi connectivity index (χ0v) is 12.9. The van der Waals surface area contributed by atoms with Crippen molar-refractivity contribution in [2.75, 3.05) is 6.54 Å². The van der Waals surface area contributed by atoms with Gasteiger partial charge < -0.3 is 20.5 Å². The zero-order valence-electron chi connectivity index (χ0n) is 12.9. The summed E-state index contributed by atoms with van der Waals surface area (Å²) >= 11 is 0. The van der Waals surface area contributed by atoms with Crippen LogP contribution in [0.3, 0.4) is 0 Å². The number of aliphatic hydroxyl groups excluding tert-OH is 1. The smallest absolute Gasteiger partial charge is 0.237 e. The Bertz CT molecular complexity index is 711. The van der Waals surface area contributed by atoms with E-state index in [9.17, 15) is 14.3 Å². The first kappa shape index (κ1) is 16.4. The Labute approximate surface area is 138 Å². The molecule has 1 aromatic carbocycles. The molecule has 2 aromatic rings. The predicted octanol–water partition coefficient (Wildman–Crippen LogP) is 1.35. The molecule has 1 saturated heterocycles. The lowest BCUT2D eigenvalue weighted by Crippen LogP contribution is -2.40. The van der Waals surface area contributed by atoms with Gasteiger partial charge in [-0.15, -0.1) is 0 Å². The predicted molar refractivity (Wildman–Crippen MR) is 85.0 cm³/mol. The largest absolute Gasteiger partial charge is 0.453 e. The number of ether oxygens (including phenoxy) is 1. The Morgan fingerprint density at radius 1 is 1.46 bits per heavy atom. The Morgan fingerprint density at radius 3 is 3.00 bits per heavy atom. The molecular weight excluding hydrogens is 313 g/mol. The zero-order chi connectivity index (χ0) is 16.9. The topological polar surface area (TPSA) is 83.5 Å². The molecule has 2 heterocycles. The number of aliphatic hydroxyl groups is 1. The van der Waals surface area contributed by atoms with Crippen LogP contribution >= 0.6 is 0 Å². The second-order valence-corrected chi connectivity index (χ2v) is 5.62. The van der Waals surface area contributed by atoms with E-state index in [1.54, 1.807) is 24.4 Å². The number of carbonyl (C=O) groups is 1. The van der Waals surface area contributed by atoms with E-state index < -0.39 is 18.0 Å². The van der Waals surface area contributed by atoms with Crippen LogP contribution in [0.2, 0.25) is 0 Å². The summed E-state index contributed by atoms with van der Waals surface area (Å²) in [4.78, 5) is 15.8. The molecule has 1 amide bonds. The Hall–Kier alpha value is -2.51. The van der Waals surface area contributed by atoms with Crippen molar-refractivity contribution in [2.24, 2.45) is 0 Å². The van der Waals surface area contributed by atoms with Crippen molar-refractivity contribution < 1.29 is 19.0 Å². The fraction of sp³-hybridized carbons (Fsp3) is 0.294. The molecule has 126 valence electrons. The molecule has 1 aromatic heterocycles. The maximum Gasteiger partial charge on any atom is 0.237 e. The van der Waals surface area contributed by atoms with Gasteiger partial charge >= 0.3 is 0 Å². The number of nitrogens with one attached hydrogen (secondary N) is 2. The minimum atomic E-state index is -0.514. The number of rotatable bonds is 5. The van der Waals surface area contributed by atoms with Gasteiger partial charge in [0.2, 0.25) is 5.91 Å². The van der Waals surface area contributed by atoms with E-state index in [2.05, 4.69) is 15.6 Å². The maximum absolute atomic E-state index is 14.1. The molecular formula is C17H18FN3O3. The van der Waals surface area contributed by atoms with Crippen LogP contribution in [0.5, 0.6) is 11.5 Å². The molecule has 24 heavy (non-hydrogen) atoms. The maximum atomic E-state index is 14.1. The van der Waals surface area contributed by atoms with Gasteiger partial charge in [0.1, 0.15) is 5.75 Å². The highest BCUT2D eigenvalue weighted by molar-refractivity contribution is 5.82. The molecule has 6 nitrogen and oxygen atoms in total. The van der Waals surface area contributed by atoms with Crippen LogP contribution < -0.4 is 15.4 Å². The van der Waals surface area contributed by atoms with E-state index in [4.69, 9.17) is 4.74 Å². The van der Waals surface area contributed by atoms with Crippen molar-refractivity contribution in [3.63, 3.8) is 0 Å². The fourth-order valence-corrected chi connectivity index (χ4v) is 2.50. The van der Waals surface area contributed by atoms with Crippen LogP contribution in [0.25, 0.3) is 0 Å². The molecule has 1 aliphatic heterocycles. The molecule has 0 aliphatic carbocycles. The van der Waals surface area contributed by atoms with Crippen LogP contribution in [-0.4, -0.2) is 34.7 Å². The summed E-state index contributed by atoms with van der Waals surface area (Å²) in [6.07, 6.45) is 2.99. The fourth-order valence-electron chi connectivity index (χ4n) is 2.50. The third-order valence-electron chi connectivity index (χ3n) is 3.75. The standard InChI is InChI=1S/C17H18FN3O3/c18-14-6-11(8-21-17(23)15-7-12(22)9-20-15)3-4-16(14)24-13-2-1-5-19-10-13/h1-6,10,12,15,20,22H,7-9H2,(H,21,23)/t12-,15-/m0/s1. The molecule has 0 spiro atoms. The lowest BCUT2D eigenvalue weighted by Gasteiger charge is -2.12. The van der Waals surface area contributed by atoms with E-state index in [1.807, 2.05) is 0 Å². The first-order valence-corrected chi connectivity index (χ1v) is 7.67. The van der Waals surface area contributed by atoms with E-state index in [-0.39, 0.29) is 18.2 Å². The number of hydrogen-bond donors (Lipinski definition) is 3. The summed E-state index contributed by atoms with van der Waals surface area (Å²) in [7, 11) is 0. The number of aromatic nitrogens is 1. The van der Waals surface area contributed by atoms with Crippen LogP contribution in [-0.2, 0) is 11.3 Å². The van der Waals surface area contributed by atoms with E-state index in [1.165, 1.54) is 18.3 Å². The van der Waals surface area contributed by atoms with Gasteiger partial charge in [0.25, 0.3) is 0 Å². The van der Waals surface area contributed by atoms with Gasteiger partial charge in [-0.1, -0.05) is 6.07 Å². The van der Waals surface area contributed by atoms with Gasteiger partial charge in [-0.2, -0.15) is 0 Å². The minimum absolute atomic E-state index is 0.0960. The van der Waals surface area contributed by atoms with Gasteiger partial charge in [0.05, 0.1) is 18.3 Å². The summed E-state index contributed by atoms with van der Waals surface area (Å²) in [6.45, 7) is 0.615. The summed E-state index contributed by atoms with van der Waals surface area (Å²) in [5, 5.41) is 15.1. The Morgan fingerprint density at radius 2 is 2.33 bits per heavy atom. The molecule has 0 unspecified atom stereocenters. The van der Waals surface area contributed by atoms with Crippen molar-refractivity contribution in [2.45, 2.75) is 25.1 Å². The number of hydrogen-bond acceptors (Lipinski definition) is 5. The van der Waals surface area contributed by atoms with E-state index in [0.29, 0.717) is 24.3 Å². The van der Waals surface area contributed by atoms with Crippen molar-refractivity contribution in [1.82, 2.24) is 15.6 Å². The second-order valence-electron chi connectivity index (χ2n) is 5.62. The highest BCUT2D eigenvalue weighted by Crippen LogP contribution is 2.24. The summed E-state index contributed by atoms with van der Waals surface area (Å²) < 4.78 is 19.5. The average molecular weight is 331 g/mol. The third kappa shape index (κ3) is 4.06. The summed E-state index contributed by atoms with van der Waals surface area (Å²) in [5.41, 5.74) is 0.623. The normalized spacial score (nSPS) is 19.9. The van der Waals surface area contributed by atoms with Crippen molar-refractivity contribution in [1.29, 1.82) is 0 Å². The van der Waals surface area contributed by atoms with Crippen molar-refractivity contribution in [3.05, 3.63) is 54.1 Å². The van der Waals surface area contributed by atoms with Crippen LogP contribution in [0.1, 0.15) is 12.0 Å². The highest BCUT2D eigenvalue weighted by Gasteiger charge is 2.27. The number of amides is 1. The van der Waals surface area contributed by atoms with Crippen LogP contribution in [0.15, 0.2) is 42.7 Å². The number of halogens is 1. The third-order valence-corrected chi connectivity index (χ3v) is 3.75. The van der Waals surface area contributed by atoms with E-state index in [0.717, 1.165) is 0 Å². The molecule has 0 saturated carbocycles. The van der Waals surface area contributed by atoms with Gasteiger partial charge in [0.15, 0.2) is 11.6 Å². The summed E-state index contributed by atoms with van der Waals surface area (Å²) in [5.74, 6) is -0.176. The van der Waals surface area contributed by atoms with Crippen molar-refractivity contribution >= 4 is 5.91 Å². The number of nitrogens with zero attached hydrogens (tertiary/aromatic N) is 1. The molecule has 0 bridgehead atoms. The lowest BCUT2D eigenvalue weighted by atomic mass is 10.1. The first-order chi connectivity index (χ1) is 11.6. The quantitative estimate of drug-likeness (QED) is 0.770. The number of pyridine rings is 1. The average Bonchev–Trinajstić information content (AvgIpc) is 3.02. The number of carbonyl (C=O) groups excluding carboxylic acids is 1. The summed E-state index contributed by atoms with van der Waals surface area (Å²) in [6, 6.07) is 7.50. The number of β-amino-alcohol motifs (C(OH)–C–C–N with tert-alkyl or cyclic N) is 1. The van der Waals surface area contributed by atoms with Crippen LogP contribution in [0, 0.1) is 5.82 Å². The highest BCUT2D eigenvalue weighted by atomic mass is 19.1. The molecule has 7 heteroatoms. The second kappa shape index (κ2) is 7.37. The molecule has 2 atom stereocenters. The molecule has 0 radical (unpaired) electrons. The minimum Gasteiger partial charge on any atom is -0.453 e. The molecule has 1 aliphatic rings. The SMILES string of the molecule is O=C(NCc1ccc(Oc2cccnc2)c(F)c1)[C@@H]1C[C@H](O)CN1. The molecule has 3 rings (SSSR count). The van der Waals surface area contributed by atoms with Gasteiger partial charge in [-0.3, -0.25) is 9.78 Å². The van der Waals surface area contributed by atoms with E-state index >= 15 is 0 Å². The van der Waals surface area contributed by atoms with Gasteiger partial charge in [-0.25, -0.2) is 4.39 Å². The number of benzene rings is 1. The van der Waals surface area contributed by atoms with Crippen LogP contribution in [0.4, 0.5) is 4.39 Å². The Balaban J connectivity index is 1.57. The van der Waals surface area contributed by atoms with Crippen molar-refractivity contribution in [3.8, 4) is 11.5 Å². The monoisotopic (exact) mass is 331 g/mol.